The minimum Gasteiger partial charge on any atom is -0.490 e. The summed E-state index contributed by atoms with van der Waals surface area (Å²) >= 11 is 0. The quantitative estimate of drug-likeness (QED) is 0.893. The molecule has 0 amide bonds. The average Bonchev–Trinajstić information content (AvgIpc) is 2.41. The zero-order valence-corrected chi connectivity index (χ0v) is 11.1. The van der Waals surface area contributed by atoms with Crippen LogP contribution in [0.4, 0.5) is 0 Å². The van der Waals surface area contributed by atoms with Crippen molar-refractivity contribution in [3.8, 4) is 17.4 Å². The van der Waals surface area contributed by atoms with Gasteiger partial charge in [-0.2, -0.15) is 0 Å². The molecule has 1 heterocycles. The van der Waals surface area contributed by atoms with E-state index in [1.165, 1.54) is 6.33 Å². The Morgan fingerprint density at radius 3 is 2.68 bits per heavy atom. The first-order valence-corrected chi connectivity index (χ1v) is 6.15. The summed E-state index contributed by atoms with van der Waals surface area (Å²) in [5.74, 6) is 1.79. The Hall–Kier alpha value is -2.14. The van der Waals surface area contributed by atoms with Gasteiger partial charge in [-0.25, -0.2) is 9.97 Å². The van der Waals surface area contributed by atoms with Crippen molar-refractivity contribution >= 4 is 0 Å². The second-order valence-corrected chi connectivity index (χ2v) is 4.02. The first-order chi connectivity index (χ1) is 9.22. The number of nitrogens with two attached hydrogens (primary N) is 1. The number of hydrogen-bond donors (Lipinski definition) is 1. The molecule has 0 spiro atoms. The van der Waals surface area contributed by atoms with Gasteiger partial charge in [0.1, 0.15) is 6.33 Å². The van der Waals surface area contributed by atoms with E-state index in [0.29, 0.717) is 30.5 Å². The largest absolute Gasteiger partial charge is 0.490 e. The van der Waals surface area contributed by atoms with E-state index in [-0.39, 0.29) is 0 Å². The van der Waals surface area contributed by atoms with Crippen LogP contribution >= 0.6 is 0 Å². The van der Waals surface area contributed by atoms with Crippen molar-refractivity contribution in [3.63, 3.8) is 0 Å². The third kappa shape index (κ3) is 3.42. The monoisotopic (exact) mass is 259 g/mol. The van der Waals surface area contributed by atoms with E-state index in [1.807, 2.05) is 32.0 Å². The third-order valence-corrected chi connectivity index (χ3v) is 2.54. The molecule has 2 aromatic rings. The number of rotatable bonds is 5. The molecule has 0 bridgehead atoms. The molecule has 0 fully saturated rings. The molecule has 0 saturated heterocycles. The first kappa shape index (κ1) is 13.3. The highest BCUT2D eigenvalue weighted by molar-refractivity contribution is 5.44. The molecule has 0 saturated carbocycles. The van der Waals surface area contributed by atoms with E-state index in [2.05, 4.69) is 9.97 Å². The van der Waals surface area contributed by atoms with Crippen molar-refractivity contribution in [1.82, 2.24) is 9.97 Å². The Bertz CT molecular complexity index is 558. The highest BCUT2D eigenvalue weighted by Crippen LogP contribution is 2.31. The lowest BCUT2D eigenvalue weighted by atomic mass is 10.2. The Balaban J connectivity index is 2.28. The summed E-state index contributed by atoms with van der Waals surface area (Å²) in [5, 5.41) is 0. The van der Waals surface area contributed by atoms with E-state index in [9.17, 15) is 0 Å². The van der Waals surface area contributed by atoms with Crippen molar-refractivity contribution in [1.29, 1.82) is 0 Å². The van der Waals surface area contributed by atoms with Crippen LogP contribution in [-0.4, -0.2) is 16.6 Å². The number of aromatic nitrogens is 2. The first-order valence-electron chi connectivity index (χ1n) is 6.15. The molecule has 0 aliphatic carbocycles. The van der Waals surface area contributed by atoms with Gasteiger partial charge < -0.3 is 15.2 Å². The summed E-state index contributed by atoms with van der Waals surface area (Å²) in [6.45, 7) is 4.84. The Morgan fingerprint density at radius 2 is 2.00 bits per heavy atom. The second kappa shape index (κ2) is 6.15. The van der Waals surface area contributed by atoms with Crippen molar-refractivity contribution in [3.05, 3.63) is 41.9 Å². The van der Waals surface area contributed by atoms with Crippen LogP contribution in [0.25, 0.3) is 0 Å². The fraction of sp³-hybridized carbons (Fsp3) is 0.286. The van der Waals surface area contributed by atoms with Gasteiger partial charge >= 0.3 is 0 Å². The molecule has 0 radical (unpaired) electrons. The van der Waals surface area contributed by atoms with Crippen LogP contribution in [0.2, 0.25) is 0 Å². The van der Waals surface area contributed by atoms with Gasteiger partial charge in [-0.3, -0.25) is 0 Å². The number of benzene rings is 1. The molecule has 0 aliphatic heterocycles. The Labute approximate surface area is 112 Å². The number of ether oxygens (including phenoxy) is 2. The summed E-state index contributed by atoms with van der Waals surface area (Å²) in [5.41, 5.74) is 7.46. The van der Waals surface area contributed by atoms with Crippen molar-refractivity contribution < 1.29 is 9.47 Å². The summed E-state index contributed by atoms with van der Waals surface area (Å²) in [4.78, 5) is 8.09. The van der Waals surface area contributed by atoms with Gasteiger partial charge in [0.15, 0.2) is 11.5 Å². The Morgan fingerprint density at radius 1 is 1.16 bits per heavy atom. The molecule has 5 heteroatoms. The lowest BCUT2D eigenvalue weighted by Gasteiger charge is -2.12. The van der Waals surface area contributed by atoms with Crippen LogP contribution in [0.15, 0.2) is 30.6 Å². The fourth-order valence-corrected chi connectivity index (χ4v) is 1.63. The van der Waals surface area contributed by atoms with Crippen LogP contribution in [0.1, 0.15) is 18.2 Å². The zero-order chi connectivity index (χ0) is 13.7. The molecule has 2 N–H and O–H groups in total. The summed E-state index contributed by atoms with van der Waals surface area (Å²) in [7, 11) is 0. The molecule has 2 rings (SSSR count). The van der Waals surface area contributed by atoms with Gasteiger partial charge in [0.25, 0.3) is 0 Å². The standard InChI is InChI=1S/C14H17N3O2/c1-3-18-13-7-11(8-15)4-5-12(13)19-14-6-10(2)16-9-17-14/h4-7,9H,3,8,15H2,1-2H3. The van der Waals surface area contributed by atoms with E-state index in [4.69, 9.17) is 15.2 Å². The second-order valence-electron chi connectivity index (χ2n) is 4.02. The van der Waals surface area contributed by atoms with Crippen LogP contribution in [0.5, 0.6) is 17.4 Å². The SMILES string of the molecule is CCOc1cc(CN)ccc1Oc1cc(C)ncn1. The maximum Gasteiger partial charge on any atom is 0.222 e. The maximum absolute atomic E-state index is 5.73. The smallest absolute Gasteiger partial charge is 0.222 e. The lowest BCUT2D eigenvalue weighted by molar-refractivity contribution is 0.319. The molecule has 0 aliphatic rings. The molecule has 5 nitrogen and oxygen atoms in total. The lowest BCUT2D eigenvalue weighted by Crippen LogP contribution is -2.00. The average molecular weight is 259 g/mol. The third-order valence-electron chi connectivity index (χ3n) is 2.54. The molecule has 0 atom stereocenters. The minimum atomic E-state index is 0.465. The van der Waals surface area contributed by atoms with Gasteiger partial charge in [0, 0.05) is 18.3 Å². The van der Waals surface area contributed by atoms with Gasteiger partial charge in [0.2, 0.25) is 5.88 Å². The van der Waals surface area contributed by atoms with Crippen LogP contribution in [0.3, 0.4) is 0 Å². The van der Waals surface area contributed by atoms with Crippen LogP contribution in [-0.2, 0) is 6.54 Å². The Kier molecular flexibility index (Phi) is 4.30. The van der Waals surface area contributed by atoms with Gasteiger partial charge in [0.05, 0.1) is 6.61 Å². The molecule has 100 valence electrons. The van der Waals surface area contributed by atoms with Gasteiger partial charge in [-0.1, -0.05) is 6.07 Å². The number of aryl methyl sites for hydroxylation is 1. The molecular formula is C14H17N3O2. The number of nitrogens with zero attached hydrogens (tertiary/aromatic N) is 2. The van der Waals surface area contributed by atoms with Gasteiger partial charge in [-0.05, 0) is 31.5 Å². The van der Waals surface area contributed by atoms with E-state index >= 15 is 0 Å². The van der Waals surface area contributed by atoms with E-state index in [0.717, 1.165) is 11.3 Å². The fourth-order valence-electron chi connectivity index (χ4n) is 1.63. The molecule has 19 heavy (non-hydrogen) atoms. The minimum absolute atomic E-state index is 0.465. The summed E-state index contributed by atoms with van der Waals surface area (Å²) in [6, 6.07) is 7.40. The number of hydrogen-bond acceptors (Lipinski definition) is 5. The highest BCUT2D eigenvalue weighted by atomic mass is 16.5. The summed E-state index contributed by atoms with van der Waals surface area (Å²) in [6.07, 6.45) is 1.47. The van der Waals surface area contributed by atoms with E-state index in [1.54, 1.807) is 6.07 Å². The maximum atomic E-state index is 5.73. The van der Waals surface area contributed by atoms with Crippen LogP contribution < -0.4 is 15.2 Å². The molecule has 1 aromatic heterocycles. The predicted octanol–water partition coefficient (Wildman–Crippen LogP) is 2.43. The van der Waals surface area contributed by atoms with Crippen molar-refractivity contribution in [2.75, 3.05) is 6.61 Å². The zero-order valence-electron chi connectivity index (χ0n) is 11.1. The predicted molar refractivity (Wildman–Crippen MR) is 72.3 cm³/mol. The normalized spacial score (nSPS) is 10.3. The van der Waals surface area contributed by atoms with Crippen molar-refractivity contribution in [2.24, 2.45) is 5.73 Å². The molecule has 1 aromatic carbocycles. The summed E-state index contributed by atoms with van der Waals surface area (Å²) < 4.78 is 11.3. The van der Waals surface area contributed by atoms with E-state index < -0.39 is 0 Å². The van der Waals surface area contributed by atoms with Gasteiger partial charge in [-0.15, -0.1) is 0 Å². The molecule has 0 unspecified atom stereocenters. The van der Waals surface area contributed by atoms with Crippen molar-refractivity contribution in [2.45, 2.75) is 20.4 Å². The van der Waals surface area contributed by atoms with Crippen LogP contribution in [0, 0.1) is 6.92 Å². The topological polar surface area (TPSA) is 70.3 Å². The molecular weight excluding hydrogens is 242 g/mol. The highest BCUT2D eigenvalue weighted by Gasteiger charge is 2.08.